The third-order valence-corrected chi connectivity index (χ3v) is 4.30. The number of piperazine rings is 1. The second-order valence-electron chi connectivity index (χ2n) is 6.46. The van der Waals surface area contributed by atoms with Crippen LogP contribution in [0.15, 0.2) is 28.8 Å². The van der Waals surface area contributed by atoms with Gasteiger partial charge < -0.3 is 9.84 Å². The second kappa shape index (κ2) is 8.86. The number of rotatable bonds is 7. The van der Waals surface area contributed by atoms with Gasteiger partial charge in [-0.25, -0.2) is 4.39 Å². The van der Waals surface area contributed by atoms with E-state index >= 15 is 0 Å². The van der Waals surface area contributed by atoms with Crippen molar-refractivity contribution in [3.63, 3.8) is 0 Å². The predicted molar refractivity (Wildman–Crippen MR) is 95.0 cm³/mol. The summed E-state index contributed by atoms with van der Waals surface area (Å²) in [5, 5.41) is 6.76. The van der Waals surface area contributed by atoms with Gasteiger partial charge in [-0.1, -0.05) is 12.1 Å². The Morgan fingerprint density at radius 3 is 2.58 bits per heavy atom. The molecule has 1 aliphatic heterocycles. The number of carbonyl (C=O) groups is 1. The summed E-state index contributed by atoms with van der Waals surface area (Å²) in [6.07, 6.45) is 1.83. The summed E-state index contributed by atoms with van der Waals surface area (Å²) in [7, 11) is 0. The van der Waals surface area contributed by atoms with Gasteiger partial charge in [0, 0.05) is 38.3 Å². The van der Waals surface area contributed by atoms with Crippen molar-refractivity contribution in [2.24, 2.45) is 0 Å². The molecule has 140 valence electrons. The fourth-order valence-corrected chi connectivity index (χ4v) is 2.91. The molecule has 8 heteroatoms. The zero-order valence-corrected chi connectivity index (χ0v) is 14.9. The molecular formula is C18H24FN5O2. The molecule has 0 atom stereocenters. The molecule has 2 heterocycles. The van der Waals surface area contributed by atoms with Crippen LogP contribution in [0.2, 0.25) is 0 Å². The van der Waals surface area contributed by atoms with E-state index in [2.05, 4.69) is 32.2 Å². The van der Waals surface area contributed by atoms with E-state index in [-0.39, 0.29) is 11.7 Å². The smallest absolute Gasteiger partial charge is 0.240 e. The van der Waals surface area contributed by atoms with E-state index in [4.69, 9.17) is 4.52 Å². The number of hydrogen-bond donors (Lipinski definition) is 1. The number of amides is 1. The molecule has 0 saturated carbocycles. The fraction of sp³-hybridized carbons (Fsp3) is 0.500. The molecule has 0 unspecified atom stereocenters. The zero-order chi connectivity index (χ0) is 18.4. The Hall–Kier alpha value is -2.32. The van der Waals surface area contributed by atoms with Crippen LogP contribution in [0.1, 0.15) is 25.1 Å². The predicted octanol–water partition coefficient (Wildman–Crippen LogP) is 1.92. The summed E-state index contributed by atoms with van der Waals surface area (Å²) in [4.78, 5) is 20.9. The van der Waals surface area contributed by atoms with Gasteiger partial charge in [-0.3, -0.25) is 14.6 Å². The van der Waals surface area contributed by atoms with E-state index in [0.29, 0.717) is 24.7 Å². The van der Waals surface area contributed by atoms with Gasteiger partial charge >= 0.3 is 0 Å². The summed E-state index contributed by atoms with van der Waals surface area (Å²) in [6, 6.07) is 5.78. The van der Waals surface area contributed by atoms with Crippen molar-refractivity contribution in [2.75, 3.05) is 38.0 Å². The lowest BCUT2D eigenvalue weighted by Gasteiger charge is -2.33. The van der Waals surface area contributed by atoms with Crippen molar-refractivity contribution in [2.45, 2.75) is 26.3 Å². The van der Waals surface area contributed by atoms with Crippen LogP contribution < -0.4 is 5.32 Å². The van der Waals surface area contributed by atoms with Crippen LogP contribution in [-0.2, 0) is 17.8 Å². The SMILES string of the molecule is CCCc1noc(CN2CCN(CC(=O)Nc3ccc(F)cc3)CC2)n1. The highest BCUT2D eigenvalue weighted by Gasteiger charge is 2.20. The molecule has 1 aromatic heterocycles. The molecule has 0 bridgehead atoms. The van der Waals surface area contributed by atoms with Gasteiger partial charge in [0.05, 0.1) is 13.1 Å². The standard InChI is InChI=1S/C18H24FN5O2/c1-2-3-16-21-18(26-22-16)13-24-10-8-23(9-11-24)12-17(25)20-15-6-4-14(19)5-7-15/h4-7H,2-3,8-13H2,1H3,(H,20,25). The van der Waals surface area contributed by atoms with E-state index < -0.39 is 0 Å². The molecule has 3 rings (SSSR count). The molecule has 0 radical (unpaired) electrons. The first-order valence-corrected chi connectivity index (χ1v) is 8.94. The number of aromatic nitrogens is 2. The van der Waals surface area contributed by atoms with Crippen molar-refractivity contribution in [3.05, 3.63) is 41.8 Å². The van der Waals surface area contributed by atoms with E-state index in [1.54, 1.807) is 12.1 Å². The Bertz CT molecular complexity index is 711. The molecule has 1 aromatic carbocycles. The van der Waals surface area contributed by atoms with Crippen molar-refractivity contribution < 1.29 is 13.7 Å². The monoisotopic (exact) mass is 361 g/mol. The minimum absolute atomic E-state index is 0.0915. The largest absolute Gasteiger partial charge is 0.338 e. The fourth-order valence-electron chi connectivity index (χ4n) is 2.91. The number of nitrogens with one attached hydrogen (secondary N) is 1. The number of carbonyl (C=O) groups excluding carboxylic acids is 1. The van der Waals surface area contributed by atoms with Gasteiger partial charge in [0.25, 0.3) is 0 Å². The zero-order valence-electron chi connectivity index (χ0n) is 14.9. The molecule has 1 fully saturated rings. The third-order valence-electron chi connectivity index (χ3n) is 4.30. The molecule has 26 heavy (non-hydrogen) atoms. The van der Waals surface area contributed by atoms with Crippen LogP contribution >= 0.6 is 0 Å². The maximum absolute atomic E-state index is 12.9. The maximum Gasteiger partial charge on any atom is 0.240 e. The van der Waals surface area contributed by atoms with Crippen molar-refractivity contribution >= 4 is 11.6 Å². The van der Waals surface area contributed by atoms with Crippen LogP contribution in [0.5, 0.6) is 0 Å². The number of benzene rings is 1. The maximum atomic E-state index is 12.9. The number of halogens is 1. The number of anilines is 1. The van der Waals surface area contributed by atoms with Crippen LogP contribution in [-0.4, -0.2) is 58.6 Å². The average Bonchev–Trinajstić information content (AvgIpc) is 3.06. The van der Waals surface area contributed by atoms with E-state index in [0.717, 1.165) is 44.8 Å². The lowest BCUT2D eigenvalue weighted by Crippen LogP contribution is -2.48. The van der Waals surface area contributed by atoms with Crippen LogP contribution in [0, 0.1) is 5.82 Å². The molecule has 0 spiro atoms. The lowest BCUT2D eigenvalue weighted by molar-refractivity contribution is -0.117. The normalized spacial score (nSPS) is 15.9. The first-order chi connectivity index (χ1) is 12.6. The van der Waals surface area contributed by atoms with Gasteiger partial charge in [0.15, 0.2) is 5.82 Å². The Morgan fingerprint density at radius 1 is 1.19 bits per heavy atom. The van der Waals surface area contributed by atoms with E-state index in [1.165, 1.54) is 12.1 Å². The van der Waals surface area contributed by atoms with E-state index in [1.807, 2.05) is 0 Å². The first kappa shape index (κ1) is 18.5. The molecule has 0 aliphatic carbocycles. The summed E-state index contributed by atoms with van der Waals surface area (Å²) in [5.74, 6) is 1.00. The third kappa shape index (κ3) is 5.34. The van der Waals surface area contributed by atoms with Gasteiger partial charge in [0.1, 0.15) is 5.82 Å². The lowest BCUT2D eigenvalue weighted by atomic mass is 10.3. The molecule has 7 nitrogen and oxygen atoms in total. The highest BCUT2D eigenvalue weighted by molar-refractivity contribution is 5.92. The number of nitrogens with zero attached hydrogens (tertiary/aromatic N) is 4. The highest BCUT2D eigenvalue weighted by atomic mass is 19.1. The van der Waals surface area contributed by atoms with Crippen molar-refractivity contribution in [1.82, 2.24) is 19.9 Å². The van der Waals surface area contributed by atoms with Crippen LogP contribution in [0.3, 0.4) is 0 Å². The first-order valence-electron chi connectivity index (χ1n) is 8.94. The van der Waals surface area contributed by atoms with Gasteiger partial charge in [-0.05, 0) is 30.7 Å². The molecule has 1 aliphatic rings. The van der Waals surface area contributed by atoms with Crippen molar-refractivity contribution in [1.29, 1.82) is 0 Å². The Balaban J connectivity index is 1.40. The minimum atomic E-state index is -0.317. The summed E-state index contributed by atoms with van der Waals surface area (Å²) < 4.78 is 18.2. The molecule has 1 saturated heterocycles. The van der Waals surface area contributed by atoms with Crippen LogP contribution in [0.4, 0.5) is 10.1 Å². The Labute approximate surface area is 152 Å². The topological polar surface area (TPSA) is 74.5 Å². The second-order valence-corrected chi connectivity index (χ2v) is 6.46. The Kier molecular flexibility index (Phi) is 6.30. The van der Waals surface area contributed by atoms with Gasteiger partial charge in [-0.2, -0.15) is 4.98 Å². The van der Waals surface area contributed by atoms with Crippen LogP contribution in [0.25, 0.3) is 0 Å². The molecule has 1 N–H and O–H groups in total. The molecule has 2 aromatic rings. The highest BCUT2D eigenvalue weighted by Crippen LogP contribution is 2.10. The number of aryl methyl sites for hydroxylation is 1. The average molecular weight is 361 g/mol. The van der Waals surface area contributed by atoms with Gasteiger partial charge in [-0.15, -0.1) is 0 Å². The summed E-state index contributed by atoms with van der Waals surface area (Å²) in [5.41, 5.74) is 0.606. The quantitative estimate of drug-likeness (QED) is 0.812. The van der Waals surface area contributed by atoms with E-state index in [9.17, 15) is 9.18 Å². The van der Waals surface area contributed by atoms with Gasteiger partial charge in [0.2, 0.25) is 11.8 Å². The minimum Gasteiger partial charge on any atom is -0.338 e. The molecular weight excluding hydrogens is 337 g/mol. The summed E-state index contributed by atoms with van der Waals surface area (Å²) >= 11 is 0. The molecule has 1 amide bonds. The number of hydrogen-bond acceptors (Lipinski definition) is 6. The van der Waals surface area contributed by atoms with Crippen molar-refractivity contribution in [3.8, 4) is 0 Å². The summed E-state index contributed by atoms with van der Waals surface area (Å²) in [6.45, 7) is 6.34. The Morgan fingerprint density at radius 2 is 1.88 bits per heavy atom.